The molecule has 1 saturated heterocycles. The van der Waals surface area contributed by atoms with Crippen LogP contribution in [0.1, 0.15) is 16.7 Å². The first-order chi connectivity index (χ1) is 14.0. The molecule has 0 aromatic heterocycles. The summed E-state index contributed by atoms with van der Waals surface area (Å²) in [6.45, 7) is 0.299. The van der Waals surface area contributed by atoms with Gasteiger partial charge in [-0.05, 0) is 36.2 Å². The molecule has 1 atom stereocenters. The maximum atomic E-state index is 12.7. The number of carbonyl (C=O) groups is 2. The number of amides is 1. The van der Waals surface area contributed by atoms with Gasteiger partial charge in [0, 0.05) is 12.1 Å². The quantitative estimate of drug-likeness (QED) is 0.561. The number of fused-ring (bicyclic) bond motifs is 3. The van der Waals surface area contributed by atoms with E-state index in [1.54, 1.807) is 31.4 Å². The minimum absolute atomic E-state index is 0.299. The molecule has 0 N–H and O–H groups in total. The van der Waals surface area contributed by atoms with Gasteiger partial charge in [-0.2, -0.15) is 0 Å². The van der Waals surface area contributed by atoms with Crippen molar-refractivity contribution in [3.05, 3.63) is 47.0 Å². The number of nitrogens with zero attached hydrogens (tertiary/aromatic N) is 1. The van der Waals surface area contributed by atoms with E-state index in [9.17, 15) is 9.59 Å². The molecular weight excluding hydrogens is 378 g/mol. The van der Waals surface area contributed by atoms with E-state index in [1.807, 2.05) is 6.07 Å². The molecule has 8 nitrogen and oxygen atoms in total. The average molecular weight is 399 g/mol. The molecule has 0 aliphatic carbocycles. The number of rotatable bonds is 5. The van der Waals surface area contributed by atoms with Gasteiger partial charge in [0.05, 0.1) is 34.0 Å². The zero-order valence-corrected chi connectivity index (χ0v) is 16.6. The van der Waals surface area contributed by atoms with Crippen molar-refractivity contribution in [1.82, 2.24) is 4.90 Å². The van der Waals surface area contributed by atoms with E-state index in [0.29, 0.717) is 47.1 Å². The van der Waals surface area contributed by atoms with Gasteiger partial charge in [-0.3, -0.25) is 9.69 Å². The molecule has 0 bridgehead atoms. The number of esters is 1. The van der Waals surface area contributed by atoms with E-state index in [4.69, 9.17) is 23.7 Å². The third-order valence-electron chi connectivity index (χ3n) is 5.39. The fourth-order valence-corrected chi connectivity index (χ4v) is 4.12. The Labute approximate surface area is 167 Å². The van der Waals surface area contributed by atoms with Crippen LogP contribution < -0.4 is 18.9 Å². The summed E-state index contributed by atoms with van der Waals surface area (Å²) in [6, 6.07) is 8.84. The lowest BCUT2D eigenvalue weighted by Gasteiger charge is -2.41. The Kier molecular flexibility index (Phi) is 4.49. The molecule has 4 rings (SSSR count). The number of ether oxygens (including phenoxy) is 5. The highest BCUT2D eigenvalue weighted by Crippen LogP contribution is 2.52. The lowest BCUT2D eigenvalue weighted by Crippen LogP contribution is -2.49. The summed E-state index contributed by atoms with van der Waals surface area (Å²) in [7, 11) is 6.10. The van der Waals surface area contributed by atoms with Crippen molar-refractivity contribution in [2.24, 2.45) is 0 Å². The van der Waals surface area contributed by atoms with Crippen molar-refractivity contribution >= 4 is 11.9 Å². The maximum absolute atomic E-state index is 12.7. The van der Waals surface area contributed by atoms with E-state index in [0.717, 1.165) is 5.56 Å². The van der Waals surface area contributed by atoms with Crippen LogP contribution in [0.15, 0.2) is 30.3 Å². The Morgan fingerprint density at radius 1 is 0.897 bits per heavy atom. The first-order valence-electron chi connectivity index (χ1n) is 9.03. The molecule has 2 aliphatic heterocycles. The number of carbonyl (C=O) groups excluding carboxylic acids is 2. The van der Waals surface area contributed by atoms with Crippen molar-refractivity contribution in [3.8, 4) is 23.0 Å². The summed E-state index contributed by atoms with van der Waals surface area (Å²) in [5.74, 6) is 0.244. The standard InChI is InChI=1S/C21H21NO7/c1-25-15-7-5-6-13(18(15)28-4)21-14-11-17(27-3)16(26-2)10-12(14)8-9-22(21)19(23)20(24)29-21/h5-7,10-11H,8-9H2,1-4H3. The summed E-state index contributed by atoms with van der Waals surface area (Å²) in [5, 5.41) is 0. The van der Waals surface area contributed by atoms with Crippen LogP contribution in [0, 0.1) is 0 Å². The monoisotopic (exact) mass is 399 g/mol. The molecule has 2 aromatic rings. The Morgan fingerprint density at radius 3 is 2.24 bits per heavy atom. The summed E-state index contributed by atoms with van der Waals surface area (Å²) in [5.41, 5.74) is 0.506. The fourth-order valence-electron chi connectivity index (χ4n) is 4.12. The topological polar surface area (TPSA) is 83.5 Å². The van der Waals surface area contributed by atoms with Crippen molar-refractivity contribution in [3.63, 3.8) is 0 Å². The maximum Gasteiger partial charge on any atom is 0.399 e. The second-order valence-electron chi connectivity index (χ2n) is 6.65. The van der Waals surface area contributed by atoms with Crippen molar-refractivity contribution in [2.75, 3.05) is 35.0 Å². The SMILES string of the molecule is COc1cc2c(cc1OC)C1(c3cccc(OC)c3OC)OC(=O)C(=O)N1CC2. The normalized spacial score (nSPS) is 19.9. The van der Waals surface area contributed by atoms with E-state index >= 15 is 0 Å². The molecule has 1 amide bonds. The average Bonchev–Trinajstić information content (AvgIpc) is 3.02. The largest absolute Gasteiger partial charge is 0.493 e. The molecule has 2 aliphatic rings. The Hall–Kier alpha value is -3.42. The van der Waals surface area contributed by atoms with Gasteiger partial charge in [-0.1, -0.05) is 6.07 Å². The molecule has 2 heterocycles. The van der Waals surface area contributed by atoms with Crippen molar-refractivity contribution < 1.29 is 33.3 Å². The molecule has 0 radical (unpaired) electrons. The van der Waals surface area contributed by atoms with Crippen LogP contribution >= 0.6 is 0 Å². The molecule has 29 heavy (non-hydrogen) atoms. The van der Waals surface area contributed by atoms with Crippen LogP contribution in [0.2, 0.25) is 0 Å². The fraction of sp³-hybridized carbons (Fsp3) is 0.333. The first kappa shape index (κ1) is 18.9. The highest BCUT2D eigenvalue weighted by atomic mass is 16.6. The van der Waals surface area contributed by atoms with E-state index in [-0.39, 0.29) is 0 Å². The van der Waals surface area contributed by atoms with Gasteiger partial charge < -0.3 is 23.7 Å². The van der Waals surface area contributed by atoms with Crippen LogP contribution in [0.5, 0.6) is 23.0 Å². The molecule has 152 valence electrons. The zero-order valence-electron chi connectivity index (χ0n) is 16.6. The number of methoxy groups -OCH3 is 4. The predicted octanol–water partition coefficient (Wildman–Crippen LogP) is 1.86. The van der Waals surface area contributed by atoms with Crippen LogP contribution in [0.25, 0.3) is 0 Å². The minimum atomic E-state index is -1.48. The van der Waals surface area contributed by atoms with Gasteiger partial charge in [-0.25, -0.2) is 4.79 Å². The number of para-hydroxylation sites is 1. The lowest BCUT2D eigenvalue weighted by atomic mass is 9.84. The Bertz CT molecular complexity index is 1000. The number of benzene rings is 2. The third-order valence-corrected chi connectivity index (χ3v) is 5.39. The van der Waals surface area contributed by atoms with Gasteiger partial charge in [0.1, 0.15) is 0 Å². The first-order valence-corrected chi connectivity index (χ1v) is 9.03. The number of hydrogen-bond donors (Lipinski definition) is 0. The third kappa shape index (κ3) is 2.52. The van der Waals surface area contributed by atoms with Gasteiger partial charge in [0.2, 0.25) is 5.72 Å². The Balaban J connectivity index is 2.07. The molecule has 0 spiro atoms. The van der Waals surface area contributed by atoms with Gasteiger partial charge in [-0.15, -0.1) is 0 Å². The highest BCUT2D eigenvalue weighted by molar-refractivity contribution is 6.34. The van der Waals surface area contributed by atoms with Gasteiger partial charge in [0.25, 0.3) is 0 Å². The smallest absolute Gasteiger partial charge is 0.399 e. The molecule has 0 saturated carbocycles. The molecule has 2 aromatic carbocycles. The van der Waals surface area contributed by atoms with Crippen LogP contribution in [0.3, 0.4) is 0 Å². The molecular formula is C21H21NO7. The van der Waals surface area contributed by atoms with E-state index in [2.05, 4.69) is 0 Å². The van der Waals surface area contributed by atoms with Crippen LogP contribution in [-0.2, 0) is 26.5 Å². The summed E-state index contributed by atoms with van der Waals surface area (Å²) >= 11 is 0. The molecule has 1 fully saturated rings. The summed E-state index contributed by atoms with van der Waals surface area (Å²) in [4.78, 5) is 26.5. The van der Waals surface area contributed by atoms with Crippen LogP contribution in [0.4, 0.5) is 0 Å². The van der Waals surface area contributed by atoms with Crippen molar-refractivity contribution in [1.29, 1.82) is 0 Å². The van der Waals surface area contributed by atoms with Crippen LogP contribution in [-0.4, -0.2) is 51.8 Å². The summed E-state index contributed by atoms with van der Waals surface area (Å²) in [6.07, 6.45) is 0.534. The zero-order chi connectivity index (χ0) is 20.8. The highest BCUT2D eigenvalue weighted by Gasteiger charge is 2.59. The Morgan fingerprint density at radius 2 is 1.59 bits per heavy atom. The van der Waals surface area contributed by atoms with Crippen molar-refractivity contribution in [2.45, 2.75) is 12.1 Å². The van der Waals surface area contributed by atoms with E-state index in [1.165, 1.54) is 26.2 Å². The lowest BCUT2D eigenvalue weighted by molar-refractivity contribution is -0.152. The second kappa shape index (κ2) is 6.88. The molecule has 8 heteroatoms. The van der Waals surface area contributed by atoms with E-state index < -0.39 is 17.6 Å². The van der Waals surface area contributed by atoms with Gasteiger partial charge in [0.15, 0.2) is 23.0 Å². The van der Waals surface area contributed by atoms with Gasteiger partial charge >= 0.3 is 11.9 Å². The molecule has 1 unspecified atom stereocenters. The second-order valence-corrected chi connectivity index (χ2v) is 6.65. The number of hydrogen-bond acceptors (Lipinski definition) is 7. The predicted molar refractivity (Wildman–Crippen MR) is 101 cm³/mol. The minimum Gasteiger partial charge on any atom is -0.493 e. The summed E-state index contributed by atoms with van der Waals surface area (Å²) < 4.78 is 27.7.